The van der Waals surface area contributed by atoms with E-state index in [1.165, 1.54) is 0 Å². The molecule has 1 spiro atoms. The van der Waals surface area contributed by atoms with E-state index in [1.54, 1.807) is 0 Å². The Balaban J connectivity index is 2.17. The highest BCUT2D eigenvalue weighted by molar-refractivity contribution is 6.08. The lowest BCUT2D eigenvalue weighted by Gasteiger charge is -2.35. The van der Waals surface area contributed by atoms with E-state index in [0.29, 0.717) is 18.8 Å². The monoisotopic (exact) mass is 254 g/mol. The average molecular weight is 254 g/mol. The molecule has 1 saturated heterocycles. The van der Waals surface area contributed by atoms with Gasteiger partial charge in [0.05, 0.1) is 0 Å². The first kappa shape index (κ1) is 12.9. The van der Waals surface area contributed by atoms with Gasteiger partial charge in [0, 0.05) is 0 Å². The molecule has 2 unspecified atom stereocenters. The molecule has 3 amide bonds. The molecule has 0 radical (unpaired) electrons. The van der Waals surface area contributed by atoms with E-state index in [-0.39, 0.29) is 5.91 Å². The van der Waals surface area contributed by atoms with E-state index in [1.807, 2.05) is 0 Å². The largest absolute Gasteiger partial charge is 0.480 e. The quantitative estimate of drug-likeness (QED) is 0.734. The molecule has 6 heteroatoms. The molecule has 0 aromatic heterocycles. The maximum absolute atomic E-state index is 12.3. The molecule has 2 atom stereocenters. The zero-order valence-electron chi connectivity index (χ0n) is 10.4. The van der Waals surface area contributed by atoms with Gasteiger partial charge in [-0.3, -0.25) is 14.5 Å². The molecule has 1 saturated carbocycles. The molecule has 1 aliphatic carbocycles. The summed E-state index contributed by atoms with van der Waals surface area (Å²) in [5.74, 6) is -1.11. The average Bonchev–Trinajstić information content (AvgIpc) is 2.54. The fourth-order valence-electron chi connectivity index (χ4n) is 3.00. The van der Waals surface area contributed by atoms with Crippen molar-refractivity contribution in [2.45, 2.75) is 44.6 Å². The van der Waals surface area contributed by atoms with E-state index in [2.05, 4.69) is 12.2 Å². The van der Waals surface area contributed by atoms with Gasteiger partial charge in [0.15, 0.2) is 0 Å². The molecule has 0 aromatic carbocycles. The summed E-state index contributed by atoms with van der Waals surface area (Å²) in [6, 6.07) is -0.570. The molecule has 2 aliphatic rings. The second-order valence-corrected chi connectivity index (χ2v) is 5.17. The summed E-state index contributed by atoms with van der Waals surface area (Å²) in [6.45, 7) is 1.52. The van der Waals surface area contributed by atoms with Gasteiger partial charge < -0.3 is 10.4 Å². The minimum Gasteiger partial charge on any atom is -0.480 e. The van der Waals surface area contributed by atoms with Gasteiger partial charge in [-0.05, 0) is 18.8 Å². The van der Waals surface area contributed by atoms with Crippen molar-refractivity contribution < 1.29 is 19.5 Å². The number of carboxylic acid groups (broad SMARTS) is 1. The number of amides is 3. The topological polar surface area (TPSA) is 86.7 Å². The molecule has 2 rings (SSSR count). The molecule has 18 heavy (non-hydrogen) atoms. The third-order valence-corrected chi connectivity index (χ3v) is 3.97. The van der Waals surface area contributed by atoms with Gasteiger partial charge in [0.25, 0.3) is 5.91 Å². The number of carbonyl (C=O) groups excluding carboxylic acids is 2. The first-order chi connectivity index (χ1) is 8.48. The number of carbonyl (C=O) groups is 3. The maximum Gasteiger partial charge on any atom is 0.325 e. The Kier molecular flexibility index (Phi) is 3.28. The molecule has 0 aromatic rings. The van der Waals surface area contributed by atoms with Crippen LogP contribution in [0.1, 0.15) is 39.0 Å². The molecule has 1 heterocycles. The van der Waals surface area contributed by atoms with Crippen LogP contribution in [-0.2, 0) is 9.59 Å². The van der Waals surface area contributed by atoms with Crippen LogP contribution in [0.3, 0.4) is 0 Å². The Hall–Kier alpha value is -1.59. The Morgan fingerprint density at radius 3 is 2.89 bits per heavy atom. The number of nitrogens with zero attached hydrogens (tertiary/aromatic N) is 1. The van der Waals surface area contributed by atoms with Crippen molar-refractivity contribution in [2.24, 2.45) is 5.92 Å². The maximum atomic E-state index is 12.3. The summed E-state index contributed by atoms with van der Waals surface area (Å²) in [6.07, 6.45) is 4.18. The Morgan fingerprint density at radius 2 is 2.28 bits per heavy atom. The number of carboxylic acids is 1. The van der Waals surface area contributed by atoms with Gasteiger partial charge in [-0.25, -0.2) is 4.79 Å². The van der Waals surface area contributed by atoms with E-state index >= 15 is 0 Å². The van der Waals surface area contributed by atoms with E-state index in [0.717, 1.165) is 24.2 Å². The third kappa shape index (κ3) is 2.07. The minimum atomic E-state index is -1.17. The SMILES string of the molecule is CCC1CCCC2(C1)NC(=O)N(CC(=O)O)C2=O. The normalized spacial score (nSPS) is 31.8. The van der Waals surface area contributed by atoms with Crippen LogP contribution in [0.5, 0.6) is 0 Å². The zero-order valence-corrected chi connectivity index (χ0v) is 10.4. The van der Waals surface area contributed by atoms with Crippen LogP contribution in [0.15, 0.2) is 0 Å². The summed E-state index contributed by atoms with van der Waals surface area (Å²) in [5.41, 5.74) is -0.842. The first-order valence-electron chi connectivity index (χ1n) is 6.34. The van der Waals surface area contributed by atoms with Crippen LogP contribution in [0.4, 0.5) is 4.79 Å². The summed E-state index contributed by atoms with van der Waals surface area (Å²) in [5, 5.41) is 11.4. The van der Waals surface area contributed by atoms with Gasteiger partial charge in [-0.15, -0.1) is 0 Å². The lowest BCUT2D eigenvalue weighted by atomic mass is 9.74. The zero-order chi connectivity index (χ0) is 13.3. The predicted molar refractivity (Wildman–Crippen MR) is 62.9 cm³/mol. The lowest BCUT2D eigenvalue weighted by molar-refractivity contribution is -0.143. The van der Waals surface area contributed by atoms with Crippen LogP contribution < -0.4 is 5.32 Å². The number of hydrogen-bond acceptors (Lipinski definition) is 3. The van der Waals surface area contributed by atoms with Crippen molar-refractivity contribution in [1.82, 2.24) is 10.2 Å². The van der Waals surface area contributed by atoms with Crippen LogP contribution in [0, 0.1) is 5.92 Å². The second kappa shape index (κ2) is 4.59. The Bertz CT molecular complexity index is 396. The standard InChI is InChI=1S/C12H18N2O4/c1-2-8-4-3-5-12(6-8)10(17)14(7-9(15)16)11(18)13-12/h8H,2-7H2,1H3,(H,13,18)(H,15,16). The van der Waals surface area contributed by atoms with Gasteiger partial charge in [0.1, 0.15) is 12.1 Å². The van der Waals surface area contributed by atoms with Crippen LogP contribution in [-0.4, -0.2) is 40.0 Å². The van der Waals surface area contributed by atoms with Crippen molar-refractivity contribution in [3.63, 3.8) is 0 Å². The Labute approximate surface area is 105 Å². The van der Waals surface area contributed by atoms with Gasteiger partial charge in [-0.1, -0.05) is 26.2 Å². The molecule has 2 fully saturated rings. The predicted octanol–water partition coefficient (Wildman–Crippen LogP) is 0.962. The minimum absolute atomic E-state index is 0.368. The number of urea groups is 1. The van der Waals surface area contributed by atoms with Gasteiger partial charge >= 0.3 is 12.0 Å². The van der Waals surface area contributed by atoms with Crippen LogP contribution in [0.2, 0.25) is 0 Å². The number of imide groups is 1. The van der Waals surface area contributed by atoms with Crippen molar-refractivity contribution in [3.05, 3.63) is 0 Å². The summed E-state index contributed by atoms with van der Waals surface area (Å²) in [4.78, 5) is 35.5. The molecular weight excluding hydrogens is 236 g/mol. The van der Waals surface area contributed by atoms with Gasteiger partial charge in [0.2, 0.25) is 0 Å². The number of aliphatic carboxylic acids is 1. The van der Waals surface area contributed by atoms with Crippen molar-refractivity contribution >= 4 is 17.9 Å². The summed E-state index contributed by atoms with van der Waals surface area (Å²) >= 11 is 0. The summed E-state index contributed by atoms with van der Waals surface area (Å²) in [7, 11) is 0. The smallest absolute Gasteiger partial charge is 0.325 e. The van der Waals surface area contributed by atoms with E-state index < -0.39 is 24.1 Å². The van der Waals surface area contributed by atoms with E-state index in [9.17, 15) is 14.4 Å². The number of nitrogens with one attached hydrogen (secondary N) is 1. The van der Waals surface area contributed by atoms with Crippen LogP contribution >= 0.6 is 0 Å². The van der Waals surface area contributed by atoms with Crippen molar-refractivity contribution in [2.75, 3.05) is 6.54 Å². The van der Waals surface area contributed by atoms with E-state index in [4.69, 9.17) is 5.11 Å². The summed E-state index contributed by atoms with van der Waals surface area (Å²) < 4.78 is 0. The van der Waals surface area contributed by atoms with Gasteiger partial charge in [-0.2, -0.15) is 0 Å². The highest BCUT2D eigenvalue weighted by atomic mass is 16.4. The molecule has 100 valence electrons. The fraction of sp³-hybridized carbons (Fsp3) is 0.750. The Morgan fingerprint density at radius 1 is 1.56 bits per heavy atom. The number of rotatable bonds is 3. The fourth-order valence-corrected chi connectivity index (χ4v) is 3.00. The molecule has 0 bridgehead atoms. The third-order valence-electron chi connectivity index (χ3n) is 3.97. The lowest BCUT2D eigenvalue weighted by Crippen LogP contribution is -2.50. The second-order valence-electron chi connectivity index (χ2n) is 5.17. The van der Waals surface area contributed by atoms with Crippen LogP contribution in [0.25, 0.3) is 0 Å². The van der Waals surface area contributed by atoms with Crippen molar-refractivity contribution in [3.8, 4) is 0 Å². The number of hydrogen-bond donors (Lipinski definition) is 2. The molecule has 1 aliphatic heterocycles. The first-order valence-corrected chi connectivity index (χ1v) is 6.34. The molecule has 6 nitrogen and oxygen atoms in total. The highest BCUT2D eigenvalue weighted by Crippen LogP contribution is 2.38. The molecule has 2 N–H and O–H groups in total. The van der Waals surface area contributed by atoms with Crippen molar-refractivity contribution in [1.29, 1.82) is 0 Å². The molecular formula is C12H18N2O4. The highest BCUT2D eigenvalue weighted by Gasteiger charge is 2.53.